The van der Waals surface area contributed by atoms with Gasteiger partial charge in [-0.15, -0.1) is 0 Å². The second-order valence-corrected chi connectivity index (χ2v) is 5.43. The second-order valence-electron chi connectivity index (χ2n) is 5.43. The van der Waals surface area contributed by atoms with Crippen LogP contribution in [-0.4, -0.2) is 25.1 Å². The molecule has 1 atom stereocenters. The van der Waals surface area contributed by atoms with Gasteiger partial charge in [0.15, 0.2) is 0 Å². The number of amides is 1. The minimum Gasteiger partial charge on any atom is -0.382 e. The summed E-state index contributed by atoms with van der Waals surface area (Å²) in [5.41, 5.74) is 1.37. The standard InChI is InChI=1S/C19H20FN3O2/c1-14(25-13-15-6-3-2-4-7-15)19(24)23-11-10-22-18-9-5-8-17(20)16(18)12-21/h2-9,14,22H,10-11,13H2,1H3,(H,23,24). The summed E-state index contributed by atoms with van der Waals surface area (Å²) >= 11 is 0. The Hall–Kier alpha value is -2.91. The van der Waals surface area contributed by atoms with Crippen molar-refractivity contribution in [1.29, 1.82) is 5.26 Å². The summed E-state index contributed by atoms with van der Waals surface area (Å²) in [5, 5.41) is 14.6. The van der Waals surface area contributed by atoms with E-state index in [2.05, 4.69) is 10.6 Å². The van der Waals surface area contributed by atoms with Crippen molar-refractivity contribution in [3.05, 3.63) is 65.5 Å². The van der Waals surface area contributed by atoms with Crippen molar-refractivity contribution in [1.82, 2.24) is 5.32 Å². The molecule has 0 aromatic heterocycles. The van der Waals surface area contributed by atoms with Gasteiger partial charge >= 0.3 is 0 Å². The highest BCUT2D eigenvalue weighted by atomic mass is 19.1. The van der Waals surface area contributed by atoms with Gasteiger partial charge in [-0.05, 0) is 24.6 Å². The third-order valence-electron chi connectivity index (χ3n) is 3.58. The summed E-state index contributed by atoms with van der Waals surface area (Å²) in [5.74, 6) is -0.794. The molecule has 2 aromatic rings. The monoisotopic (exact) mass is 341 g/mol. The maximum Gasteiger partial charge on any atom is 0.248 e. The summed E-state index contributed by atoms with van der Waals surface area (Å²) < 4.78 is 19.0. The molecule has 25 heavy (non-hydrogen) atoms. The van der Waals surface area contributed by atoms with Crippen LogP contribution < -0.4 is 10.6 Å². The number of hydrogen-bond donors (Lipinski definition) is 2. The van der Waals surface area contributed by atoms with Crippen LogP contribution in [0, 0.1) is 17.1 Å². The zero-order valence-electron chi connectivity index (χ0n) is 14.0. The number of rotatable bonds is 8. The first-order chi connectivity index (χ1) is 12.1. The van der Waals surface area contributed by atoms with Crippen molar-refractivity contribution in [2.24, 2.45) is 0 Å². The molecule has 0 aliphatic rings. The molecule has 2 aromatic carbocycles. The Morgan fingerprint density at radius 1 is 1.20 bits per heavy atom. The van der Waals surface area contributed by atoms with Gasteiger partial charge < -0.3 is 15.4 Å². The molecule has 1 unspecified atom stereocenters. The summed E-state index contributed by atoms with van der Waals surface area (Å²) in [6.45, 7) is 2.75. The molecule has 0 aliphatic carbocycles. The first-order valence-corrected chi connectivity index (χ1v) is 7.97. The summed E-state index contributed by atoms with van der Waals surface area (Å²) in [6.07, 6.45) is -0.580. The summed E-state index contributed by atoms with van der Waals surface area (Å²) in [4.78, 5) is 12.0. The Morgan fingerprint density at radius 2 is 1.96 bits per heavy atom. The number of benzene rings is 2. The first-order valence-electron chi connectivity index (χ1n) is 7.97. The summed E-state index contributed by atoms with van der Waals surface area (Å²) in [6, 6.07) is 15.8. The van der Waals surface area contributed by atoms with E-state index in [4.69, 9.17) is 10.00 Å². The minimum absolute atomic E-state index is 0.0339. The molecule has 0 heterocycles. The number of carbonyl (C=O) groups is 1. The fourth-order valence-electron chi connectivity index (χ4n) is 2.18. The van der Waals surface area contributed by atoms with E-state index in [0.717, 1.165) is 5.56 Å². The smallest absolute Gasteiger partial charge is 0.248 e. The first kappa shape index (κ1) is 18.4. The highest BCUT2D eigenvalue weighted by Gasteiger charge is 2.13. The maximum atomic E-state index is 13.5. The largest absolute Gasteiger partial charge is 0.382 e. The molecular formula is C19H20FN3O2. The number of anilines is 1. The van der Waals surface area contributed by atoms with Crippen LogP contribution >= 0.6 is 0 Å². The average Bonchev–Trinajstić information content (AvgIpc) is 2.64. The van der Waals surface area contributed by atoms with E-state index in [1.54, 1.807) is 13.0 Å². The third kappa shape index (κ3) is 5.59. The predicted octanol–water partition coefficient (Wildman–Crippen LogP) is 2.83. The normalized spacial score (nSPS) is 11.4. The van der Waals surface area contributed by atoms with Crippen LogP contribution in [0.5, 0.6) is 0 Å². The van der Waals surface area contributed by atoms with E-state index in [-0.39, 0.29) is 11.5 Å². The number of nitrogens with one attached hydrogen (secondary N) is 2. The fourth-order valence-corrected chi connectivity index (χ4v) is 2.18. The number of ether oxygens (including phenoxy) is 1. The fraction of sp³-hybridized carbons (Fsp3) is 0.263. The molecule has 1 amide bonds. The van der Waals surface area contributed by atoms with E-state index in [0.29, 0.717) is 25.4 Å². The Labute approximate surface area is 146 Å². The lowest BCUT2D eigenvalue weighted by atomic mass is 10.2. The van der Waals surface area contributed by atoms with Gasteiger partial charge in [0, 0.05) is 13.1 Å². The van der Waals surface area contributed by atoms with Gasteiger partial charge in [-0.2, -0.15) is 5.26 Å². The number of hydrogen-bond acceptors (Lipinski definition) is 4. The quantitative estimate of drug-likeness (QED) is 0.724. The number of halogens is 1. The van der Waals surface area contributed by atoms with Crippen LogP contribution in [0.25, 0.3) is 0 Å². The van der Waals surface area contributed by atoms with Gasteiger partial charge in [-0.1, -0.05) is 36.4 Å². The molecule has 0 aliphatic heterocycles. The topological polar surface area (TPSA) is 74.2 Å². The van der Waals surface area contributed by atoms with Crippen molar-refractivity contribution < 1.29 is 13.9 Å². The number of nitriles is 1. The molecule has 2 N–H and O–H groups in total. The van der Waals surface area contributed by atoms with Gasteiger partial charge in [0.2, 0.25) is 5.91 Å². The maximum absolute atomic E-state index is 13.5. The molecule has 0 bridgehead atoms. The minimum atomic E-state index is -0.580. The highest BCUT2D eigenvalue weighted by Crippen LogP contribution is 2.17. The van der Waals surface area contributed by atoms with Gasteiger partial charge in [0.25, 0.3) is 0 Å². The third-order valence-corrected chi connectivity index (χ3v) is 3.58. The van der Waals surface area contributed by atoms with Crippen LogP contribution in [0.3, 0.4) is 0 Å². The van der Waals surface area contributed by atoms with Crippen LogP contribution in [0.1, 0.15) is 18.1 Å². The van der Waals surface area contributed by atoms with E-state index in [1.807, 2.05) is 36.4 Å². The van der Waals surface area contributed by atoms with Gasteiger partial charge in [0.05, 0.1) is 12.3 Å². The number of carbonyl (C=O) groups excluding carboxylic acids is 1. The zero-order valence-corrected chi connectivity index (χ0v) is 14.0. The molecule has 6 heteroatoms. The van der Waals surface area contributed by atoms with Crippen LogP contribution in [-0.2, 0) is 16.1 Å². The molecule has 0 saturated heterocycles. The van der Waals surface area contributed by atoms with Crippen molar-refractivity contribution in [2.45, 2.75) is 19.6 Å². The van der Waals surface area contributed by atoms with E-state index >= 15 is 0 Å². The molecule has 2 rings (SSSR count). The molecule has 0 radical (unpaired) electrons. The van der Waals surface area contributed by atoms with E-state index in [9.17, 15) is 9.18 Å². The Kier molecular flexibility index (Phi) is 6.93. The lowest BCUT2D eigenvalue weighted by Crippen LogP contribution is -2.37. The van der Waals surface area contributed by atoms with Gasteiger partial charge in [-0.3, -0.25) is 4.79 Å². The Balaban J connectivity index is 1.72. The molecule has 130 valence electrons. The molecule has 5 nitrogen and oxygen atoms in total. The number of nitrogens with zero attached hydrogens (tertiary/aromatic N) is 1. The predicted molar refractivity (Wildman–Crippen MR) is 93.3 cm³/mol. The average molecular weight is 341 g/mol. The SMILES string of the molecule is CC(OCc1ccccc1)C(=O)NCCNc1cccc(F)c1C#N. The summed E-state index contributed by atoms with van der Waals surface area (Å²) in [7, 11) is 0. The highest BCUT2D eigenvalue weighted by molar-refractivity contribution is 5.80. The van der Waals surface area contributed by atoms with E-state index in [1.165, 1.54) is 12.1 Å². The van der Waals surface area contributed by atoms with Crippen LogP contribution in [0.4, 0.5) is 10.1 Å². The van der Waals surface area contributed by atoms with E-state index < -0.39 is 11.9 Å². The Morgan fingerprint density at radius 3 is 2.68 bits per heavy atom. The van der Waals surface area contributed by atoms with Crippen molar-refractivity contribution >= 4 is 11.6 Å². The van der Waals surface area contributed by atoms with Crippen LogP contribution in [0.15, 0.2) is 48.5 Å². The van der Waals surface area contributed by atoms with Gasteiger partial charge in [-0.25, -0.2) is 4.39 Å². The van der Waals surface area contributed by atoms with Crippen molar-refractivity contribution in [3.8, 4) is 6.07 Å². The lowest BCUT2D eigenvalue weighted by Gasteiger charge is -2.14. The van der Waals surface area contributed by atoms with Crippen LogP contribution in [0.2, 0.25) is 0 Å². The second kappa shape index (κ2) is 9.40. The van der Waals surface area contributed by atoms with Crippen molar-refractivity contribution in [2.75, 3.05) is 18.4 Å². The lowest BCUT2D eigenvalue weighted by molar-refractivity contribution is -0.132. The molecule has 0 spiro atoms. The van der Waals surface area contributed by atoms with Crippen molar-refractivity contribution in [3.63, 3.8) is 0 Å². The van der Waals surface area contributed by atoms with Gasteiger partial charge in [0.1, 0.15) is 23.6 Å². The molecule has 0 saturated carbocycles. The molecular weight excluding hydrogens is 321 g/mol. The Bertz CT molecular complexity index is 744. The molecule has 0 fully saturated rings. The zero-order chi connectivity index (χ0) is 18.1.